The van der Waals surface area contributed by atoms with E-state index in [1.165, 1.54) is 6.20 Å². The first kappa shape index (κ1) is 15.4. The van der Waals surface area contributed by atoms with Crippen LogP contribution in [0.2, 0.25) is 0 Å². The number of rotatable bonds is 7. The average Bonchev–Trinajstić information content (AvgIpc) is 2.93. The molecule has 8 nitrogen and oxygen atoms in total. The monoisotopic (exact) mass is 295 g/mol. The molecule has 2 N–H and O–H groups in total. The predicted molar refractivity (Wildman–Crippen MR) is 79.5 cm³/mol. The molecule has 1 aliphatic rings. The van der Waals surface area contributed by atoms with Crippen molar-refractivity contribution in [3.05, 3.63) is 16.3 Å². The third kappa shape index (κ3) is 3.57. The molecule has 1 aromatic rings. The van der Waals surface area contributed by atoms with Gasteiger partial charge >= 0.3 is 5.69 Å². The maximum atomic E-state index is 11.2. The molecule has 0 saturated carbocycles. The van der Waals surface area contributed by atoms with E-state index in [0.29, 0.717) is 24.7 Å². The van der Waals surface area contributed by atoms with Crippen molar-refractivity contribution in [2.75, 3.05) is 29.9 Å². The van der Waals surface area contributed by atoms with Crippen LogP contribution in [0, 0.1) is 10.1 Å². The molecule has 1 atom stereocenters. The lowest BCUT2D eigenvalue weighted by atomic mass is 10.1. The molecule has 0 radical (unpaired) electrons. The summed E-state index contributed by atoms with van der Waals surface area (Å²) in [6, 6.07) is 0.195. The van der Waals surface area contributed by atoms with Crippen LogP contribution in [0.15, 0.2) is 6.20 Å². The first-order valence-corrected chi connectivity index (χ1v) is 7.30. The lowest BCUT2D eigenvalue weighted by molar-refractivity contribution is -0.384. The summed E-state index contributed by atoms with van der Waals surface area (Å²) in [5, 5.41) is 23.2. The molecule has 0 amide bonds. The Balaban J connectivity index is 2.30. The van der Waals surface area contributed by atoms with Gasteiger partial charge in [0.05, 0.1) is 4.92 Å². The molecule has 8 heteroatoms. The van der Waals surface area contributed by atoms with Crippen LogP contribution in [0.3, 0.4) is 0 Å². The number of hydrogen-bond donors (Lipinski definition) is 2. The highest BCUT2D eigenvalue weighted by Crippen LogP contribution is 2.33. The second-order valence-corrected chi connectivity index (χ2v) is 5.05. The van der Waals surface area contributed by atoms with Crippen molar-refractivity contribution in [1.29, 1.82) is 0 Å². The SMILES string of the molecule is CCNc1ncc([N+](=O)[O-])c(N2CCCC2CCCO)n1. The van der Waals surface area contributed by atoms with Gasteiger partial charge in [0, 0.05) is 25.7 Å². The van der Waals surface area contributed by atoms with Gasteiger partial charge in [-0.25, -0.2) is 4.98 Å². The van der Waals surface area contributed by atoms with Gasteiger partial charge in [-0.2, -0.15) is 4.98 Å². The normalized spacial score (nSPS) is 18.0. The molecule has 116 valence electrons. The quantitative estimate of drug-likeness (QED) is 0.581. The minimum Gasteiger partial charge on any atom is -0.396 e. The van der Waals surface area contributed by atoms with Gasteiger partial charge in [-0.1, -0.05) is 0 Å². The zero-order valence-electron chi connectivity index (χ0n) is 12.2. The Bertz CT molecular complexity index is 497. The second kappa shape index (κ2) is 7.16. The lowest BCUT2D eigenvalue weighted by Crippen LogP contribution is -2.31. The van der Waals surface area contributed by atoms with Gasteiger partial charge in [0.25, 0.3) is 0 Å². The fraction of sp³-hybridized carbons (Fsp3) is 0.692. The Morgan fingerprint density at radius 3 is 3.10 bits per heavy atom. The van der Waals surface area contributed by atoms with Crippen molar-refractivity contribution in [2.45, 2.75) is 38.6 Å². The summed E-state index contributed by atoms with van der Waals surface area (Å²) < 4.78 is 0. The molecule has 2 heterocycles. The molecule has 1 aromatic heterocycles. The summed E-state index contributed by atoms with van der Waals surface area (Å²) in [5.74, 6) is 0.789. The summed E-state index contributed by atoms with van der Waals surface area (Å²) in [4.78, 5) is 21.1. The molecule has 0 bridgehead atoms. The van der Waals surface area contributed by atoms with Crippen molar-refractivity contribution in [3.8, 4) is 0 Å². The summed E-state index contributed by atoms with van der Waals surface area (Å²) >= 11 is 0. The Morgan fingerprint density at radius 1 is 1.62 bits per heavy atom. The van der Waals surface area contributed by atoms with Crippen LogP contribution >= 0.6 is 0 Å². The maximum absolute atomic E-state index is 11.2. The molecule has 1 fully saturated rings. The molecular weight excluding hydrogens is 274 g/mol. The molecule has 0 spiro atoms. The molecule has 1 saturated heterocycles. The van der Waals surface area contributed by atoms with Gasteiger partial charge in [-0.3, -0.25) is 10.1 Å². The minimum absolute atomic E-state index is 0.0625. The van der Waals surface area contributed by atoms with E-state index in [0.717, 1.165) is 25.8 Å². The number of hydrogen-bond acceptors (Lipinski definition) is 7. The minimum atomic E-state index is -0.438. The van der Waals surface area contributed by atoms with E-state index in [1.807, 2.05) is 11.8 Å². The Hall–Kier alpha value is -1.96. The zero-order chi connectivity index (χ0) is 15.2. The van der Waals surface area contributed by atoms with E-state index in [2.05, 4.69) is 15.3 Å². The van der Waals surface area contributed by atoms with Crippen LogP contribution < -0.4 is 10.2 Å². The number of nitrogens with zero attached hydrogens (tertiary/aromatic N) is 4. The van der Waals surface area contributed by atoms with Gasteiger partial charge in [0.15, 0.2) is 0 Å². The van der Waals surface area contributed by atoms with Gasteiger partial charge in [-0.15, -0.1) is 0 Å². The largest absolute Gasteiger partial charge is 0.396 e. The molecule has 2 rings (SSSR count). The summed E-state index contributed by atoms with van der Waals surface area (Å²) in [7, 11) is 0. The third-order valence-electron chi connectivity index (χ3n) is 3.63. The third-order valence-corrected chi connectivity index (χ3v) is 3.63. The van der Waals surface area contributed by atoms with Gasteiger partial charge in [0.2, 0.25) is 11.8 Å². The van der Waals surface area contributed by atoms with Crippen LogP contribution in [-0.2, 0) is 0 Å². The van der Waals surface area contributed by atoms with Gasteiger partial charge in [-0.05, 0) is 32.6 Å². The summed E-state index contributed by atoms with van der Waals surface area (Å²) in [6.45, 7) is 3.47. The topological polar surface area (TPSA) is 104 Å². The number of nitrogens with one attached hydrogen (secondary N) is 1. The lowest BCUT2D eigenvalue weighted by Gasteiger charge is -2.25. The van der Waals surface area contributed by atoms with Crippen LogP contribution in [0.1, 0.15) is 32.6 Å². The molecule has 1 unspecified atom stereocenters. The Labute approximate surface area is 123 Å². The molecule has 0 aliphatic carbocycles. The smallest absolute Gasteiger partial charge is 0.329 e. The maximum Gasteiger partial charge on any atom is 0.329 e. The van der Waals surface area contributed by atoms with E-state index >= 15 is 0 Å². The number of nitro groups is 1. The van der Waals surface area contributed by atoms with E-state index in [4.69, 9.17) is 5.11 Å². The number of aliphatic hydroxyl groups is 1. The fourth-order valence-corrected chi connectivity index (χ4v) is 2.69. The van der Waals surface area contributed by atoms with Crippen LogP contribution in [0.5, 0.6) is 0 Å². The number of anilines is 2. The van der Waals surface area contributed by atoms with Crippen molar-refractivity contribution >= 4 is 17.5 Å². The van der Waals surface area contributed by atoms with Gasteiger partial charge in [0.1, 0.15) is 6.20 Å². The van der Waals surface area contributed by atoms with Crippen molar-refractivity contribution < 1.29 is 10.0 Å². The average molecular weight is 295 g/mol. The first-order valence-electron chi connectivity index (χ1n) is 7.30. The van der Waals surface area contributed by atoms with Crippen LogP contribution in [-0.4, -0.2) is 45.7 Å². The highest BCUT2D eigenvalue weighted by molar-refractivity contribution is 5.60. The Morgan fingerprint density at radius 2 is 2.43 bits per heavy atom. The van der Waals surface area contributed by atoms with Crippen molar-refractivity contribution in [2.24, 2.45) is 0 Å². The summed E-state index contributed by atoms with van der Waals surface area (Å²) in [5.41, 5.74) is -0.0625. The van der Waals surface area contributed by atoms with E-state index in [9.17, 15) is 10.1 Å². The van der Waals surface area contributed by atoms with Crippen LogP contribution in [0.4, 0.5) is 17.5 Å². The number of aliphatic hydroxyl groups excluding tert-OH is 1. The van der Waals surface area contributed by atoms with E-state index in [-0.39, 0.29) is 18.3 Å². The predicted octanol–water partition coefficient (Wildman–Crippen LogP) is 1.56. The van der Waals surface area contributed by atoms with Crippen molar-refractivity contribution in [3.63, 3.8) is 0 Å². The van der Waals surface area contributed by atoms with Gasteiger partial charge < -0.3 is 15.3 Å². The van der Waals surface area contributed by atoms with E-state index < -0.39 is 4.92 Å². The van der Waals surface area contributed by atoms with E-state index in [1.54, 1.807) is 0 Å². The molecular formula is C13H21N5O3. The Kier molecular flexibility index (Phi) is 5.26. The fourth-order valence-electron chi connectivity index (χ4n) is 2.69. The summed E-state index contributed by atoms with van der Waals surface area (Å²) in [6.07, 6.45) is 4.72. The molecule has 0 aromatic carbocycles. The first-order chi connectivity index (χ1) is 10.2. The highest BCUT2D eigenvalue weighted by Gasteiger charge is 2.31. The highest BCUT2D eigenvalue weighted by atomic mass is 16.6. The molecule has 21 heavy (non-hydrogen) atoms. The number of aromatic nitrogens is 2. The molecule has 1 aliphatic heterocycles. The standard InChI is InChI=1S/C13H21N5O3/c1-2-14-13-15-9-11(18(20)21)12(16-13)17-7-3-5-10(17)6-4-8-19/h9-10,19H,2-8H2,1H3,(H,14,15,16). The van der Waals surface area contributed by atoms with Crippen LogP contribution in [0.25, 0.3) is 0 Å². The van der Waals surface area contributed by atoms with Crippen molar-refractivity contribution in [1.82, 2.24) is 9.97 Å². The zero-order valence-corrected chi connectivity index (χ0v) is 12.2. The second-order valence-electron chi connectivity index (χ2n) is 5.05.